The molecule has 120 valence electrons. The predicted molar refractivity (Wildman–Crippen MR) is 86.8 cm³/mol. The number of fused-ring (bicyclic) bond motifs is 1. The number of morpholine rings is 1. The molecule has 22 heavy (non-hydrogen) atoms. The zero-order valence-electron chi connectivity index (χ0n) is 12.7. The fourth-order valence-electron chi connectivity index (χ4n) is 2.65. The lowest BCUT2D eigenvalue weighted by Crippen LogP contribution is -2.40. The Hall–Kier alpha value is -1.09. The molecular weight excluding hydrogens is 322 g/mol. The average molecular weight is 341 g/mol. The summed E-state index contributed by atoms with van der Waals surface area (Å²) in [6.07, 6.45) is 1.97. The van der Waals surface area contributed by atoms with E-state index in [1.807, 2.05) is 12.3 Å². The molecule has 2 heterocycles. The number of imidazole rings is 1. The maximum atomic E-state index is 12.7. The number of sulfonamides is 1. The topological polar surface area (TPSA) is 64.4 Å². The lowest BCUT2D eigenvalue weighted by atomic mass is 10.3. The van der Waals surface area contributed by atoms with Crippen molar-refractivity contribution in [2.24, 2.45) is 0 Å². The monoisotopic (exact) mass is 341 g/mol. The smallest absolute Gasteiger partial charge is 0.243 e. The van der Waals surface area contributed by atoms with Crippen LogP contribution in [-0.2, 0) is 21.3 Å². The SMILES string of the molecule is CCn1c(SC)nc2cc(S(=O)(=O)N3CCOCC3)ccc21. The van der Waals surface area contributed by atoms with Crippen molar-refractivity contribution < 1.29 is 13.2 Å². The van der Waals surface area contributed by atoms with Crippen LogP contribution in [0.25, 0.3) is 11.0 Å². The summed E-state index contributed by atoms with van der Waals surface area (Å²) >= 11 is 1.56. The van der Waals surface area contributed by atoms with E-state index in [1.54, 1.807) is 23.9 Å². The number of hydrogen-bond donors (Lipinski definition) is 0. The minimum atomic E-state index is -3.47. The largest absolute Gasteiger partial charge is 0.379 e. The highest BCUT2D eigenvalue weighted by molar-refractivity contribution is 7.98. The second-order valence-corrected chi connectivity index (χ2v) is 7.72. The summed E-state index contributed by atoms with van der Waals surface area (Å²) in [7, 11) is -3.47. The van der Waals surface area contributed by atoms with E-state index >= 15 is 0 Å². The maximum absolute atomic E-state index is 12.7. The molecule has 2 aromatic rings. The molecule has 0 bridgehead atoms. The molecule has 0 N–H and O–H groups in total. The Balaban J connectivity index is 2.04. The highest BCUT2D eigenvalue weighted by Crippen LogP contribution is 2.26. The molecule has 1 saturated heterocycles. The number of aryl methyl sites for hydroxylation is 1. The molecule has 1 fully saturated rings. The first kappa shape index (κ1) is 15.8. The van der Waals surface area contributed by atoms with Gasteiger partial charge >= 0.3 is 0 Å². The first-order valence-electron chi connectivity index (χ1n) is 7.20. The van der Waals surface area contributed by atoms with Crippen LogP contribution < -0.4 is 0 Å². The van der Waals surface area contributed by atoms with Crippen LogP contribution in [-0.4, -0.2) is 54.8 Å². The third kappa shape index (κ3) is 2.64. The van der Waals surface area contributed by atoms with E-state index in [9.17, 15) is 8.42 Å². The van der Waals surface area contributed by atoms with E-state index in [-0.39, 0.29) is 0 Å². The van der Waals surface area contributed by atoms with E-state index in [1.165, 1.54) is 4.31 Å². The van der Waals surface area contributed by atoms with Crippen LogP contribution in [0.1, 0.15) is 6.92 Å². The second-order valence-electron chi connectivity index (χ2n) is 5.01. The van der Waals surface area contributed by atoms with E-state index in [4.69, 9.17) is 4.74 Å². The van der Waals surface area contributed by atoms with E-state index in [0.29, 0.717) is 31.2 Å². The fraction of sp³-hybridized carbons (Fsp3) is 0.500. The van der Waals surface area contributed by atoms with Crippen LogP contribution in [0.5, 0.6) is 0 Å². The van der Waals surface area contributed by atoms with Crippen LogP contribution in [0.2, 0.25) is 0 Å². The third-order valence-corrected chi connectivity index (χ3v) is 6.36. The first-order chi connectivity index (χ1) is 10.6. The molecule has 0 amide bonds. The van der Waals surface area contributed by atoms with E-state index in [0.717, 1.165) is 22.7 Å². The molecule has 0 atom stereocenters. The van der Waals surface area contributed by atoms with Crippen molar-refractivity contribution in [2.45, 2.75) is 23.5 Å². The Kier molecular flexibility index (Phi) is 4.44. The van der Waals surface area contributed by atoms with Gasteiger partial charge in [-0.2, -0.15) is 4.31 Å². The van der Waals surface area contributed by atoms with Gasteiger partial charge in [0.05, 0.1) is 29.1 Å². The van der Waals surface area contributed by atoms with E-state index in [2.05, 4.69) is 16.5 Å². The zero-order chi connectivity index (χ0) is 15.7. The van der Waals surface area contributed by atoms with Crippen LogP contribution in [0, 0.1) is 0 Å². The standard InChI is InChI=1S/C14H19N3O3S2/c1-3-17-13-5-4-11(10-12(13)15-14(17)21-2)22(18,19)16-6-8-20-9-7-16/h4-5,10H,3,6-9H2,1-2H3. The van der Waals surface area contributed by atoms with Gasteiger partial charge in [-0.25, -0.2) is 13.4 Å². The molecule has 3 rings (SSSR count). The summed E-state index contributed by atoms with van der Waals surface area (Å²) in [5, 5.41) is 0.901. The molecule has 0 unspecified atom stereocenters. The maximum Gasteiger partial charge on any atom is 0.243 e. The Labute approximate surface area is 134 Å². The first-order valence-corrected chi connectivity index (χ1v) is 9.86. The molecule has 1 aromatic heterocycles. The molecule has 1 aliphatic heterocycles. The Morgan fingerprint density at radius 3 is 2.68 bits per heavy atom. The van der Waals surface area contributed by atoms with Gasteiger partial charge < -0.3 is 9.30 Å². The molecular formula is C14H19N3O3S2. The summed E-state index contributed by atoms with van der Waals surface area (Å²) in [4.78, 5) is 4.84. The molecule has 1 aromatic carbocycles. The van der Waals surface area contributed by atoms with Crippen LogP contribution in [0.15, 0.2) is 28.3 Å². The Bertz CT molecular complexity index is 780. The number of rotatable bonds is 4. The van der Waals surface area contributed by atoms with Gasteiger partial charge in [0.2, 0.25) is 10.0 Å². The number of thioether (sulfide) groups is 1. The van der Waals surface area contributed by atoms with Crippen molar-refractivity contribution >= 4 is 32.8 Å². The van der Waals surface area contributed by atoms with Crippen molar-refractivity contribution in [2.75, 3.05) is 32.6 Å². The van der Waals surface area contributed by atoms with Gasteiger partial charge in [-0.3, -0.25) is 0 Å². The normalized spacial score (nSPS) is 17.2. The quantitative estimate of drug-likeness (QED) is 0.794. The molecule has 8 heteroatoms. The van der Waals surface area contributed by atoms with Crippen molar-refractivity contribution in [3.63, 3.8) is 0 Å². The van der Waals surface area contributed by atoms with E-state index < -0.39 is 10.0 Å². The number of ether oxygens (including phenoxy) is 1. The highest BCUT2D eigenvalue weighted by atomic mass is 32.2. The zero-order valence-corrected chi connectivity index (χ0v) is 14.3. The fourth-order valence-corrected chi connectivity index (χ4v) is 4.71. The third-order valence-electron chi connectivity index (χ3n) is 3.79. The van der Waals surface area contributed by atoms with Gasteiger partial charge in [0, 0.05) is 19.6 Å². The van der Waals surface area contributed by atoms with Crippen molar-refractivity contribution in [1.29, 1.82) is 0 Å². The molecule has 0 aliphatic carbocycles. The summed E-state index contributed by atoms with van der Waals surface area (Å²) in [6.45, 7) is 4.56. The summed E-state index contributed by atoms with van der Waals surface area (Å²) in [6, 6.07) is 5.19. The van der Waals surface area contributed by atoms with Gasteiger partial charge in [0.25, 0.3) is 0 Å². The summed E-state index contributed by atoms with van der Waals surface area (Å²) in [5.41, 5.74) is 1.69. The van der Waals surface area contributed by atoms with Gasteiger partial charge in [0.1, 0.15) is 0 Å². The van der Waals surface area contributed by atoms with Gasteiger partial charge in [-0.1, -0.05) is 11.8 Å². The molecule has 0 spiro atoms. The lowest BCUT2D eigenvalue weighted by molar-refractivity contribution is 0.0730. The van der Waals surface area contributed by atoms with Crippen molar-refractivity contribution in [3.05, 3.63) is 18.2 Å². The number of aromatic nitrogens is 2. The van der Waals surface area contributed by atoms with Crippen LogP contribution >= 0.6 is 11.8 Å². The van der Waals surface area contributed by atoms with Crippen molar-refractivity contribution in [3.8, 4) is 0 Å². The van der Waals surface area contributed by atoms with Crippen LogP contribution in [0.4, 0.5) is 0 Å². The molecule has 0 radical (unpaired) electrons. The van der Waals surface area contributed by atoms with Gasteiger partial charge in [-0.05, 0) is 31.4 Å². The number of benzene rings is 1. The minimum Gasteiger partial charge on any atom is -0.379 e. The Morgan fingerprint density at radius 2 is 2.05 bits per heavy atom. The number of nitrogens with zero attached hydrogens (tertiary/aromatic N) is 3. The lowest BCUT2D eigenvalue weighted by Gasteiger charge is -2.26. The van der Waals surface area contributed by atoms with Crippen LogP contribution in [0.3, 0.4) is 0 Å². The number of hydrogen-bond acceptors (Lipinski definition) is 5. The molecule has 6 nitrogen and oxygen atoms in total. The molecule has 0 saturated carbocycles. The Morgan fingerprint density at radius 1 is 1.32 bits per heavy atom. The highest BCUT2D eigenvalue weighted by Gasteiger charge is 2.27. The van der Waals surface area contributed by atoms with Crippen molar-refractivity contribution in [1.82, 2.24) is 13.9 Å². The summed E-state index contributed by atoms with van der Waals surface area (Å²) < 4.78 is 34.2. The van der Waals surface area contributed by atoms with Gasteiger partial charge in [0.15, 0.2) is 5.16 Å². The molecule has 1 aliphatic rings. The summed E-state index contributed by atoms with van der Waals surface area (Å²) in [5.74, 6) is 0. The second kappa shape index (κ2) is 6.19. The predicted octanol–water partition coefficient (Wildman–Crippen LogP) is 1.80. The van der Waals surface area contributed by atoms with Gasteiger partial charge in [-0.15, -0.1) is 0 Å². The average Bonchev–Trinajstić information content (AvgIpc) is 2.92. The minimum absolute atomic E-state index is 0.301.